The van der Waals surface area contributed by atoms with Crippen molar-refractivity contribution in [2.45, 2.75) is 6.54 Å². The minimum absolute atomic E-state index is 0.225. The van der Waals surface area contributed by atoms with Crippen LogP contribution in [-0.4, -0.2) is 11.8 Å². The van der Waals surface area contributed by atoms with Gasteiger partial charge in [0, 0.05) is 6.54 Å². The first-order valence-electron chi connectivity index (χ1n) is 5.66. The van der Waals surface area contributed by atoms with E-state index in [1.54, 1.807) is 6.20 Å². The predicted molar refractivity (Wildman–Crippen MR) is 76.8 cm³/mol. The van der Waals surface area contributed by atoms with E-state index < -0.39 is 0 Å². The van der Waals surface area contributed by atoms with Crippen LogP contribution in [0.1, 0.15) is 5.56 Å². The summed E-state index contributed by atoms with van der Waals surface area (Å²) >= 11 is 9.42. The van der Waals surface area contributed by atoms with Crippen LogP contribution < -0.4 is 14.8 Å². The van der Waals surface area contributed by atoms with Crippen LogP contribution in [-0.2, 0) is 6.54 Å². The fourth-order valence-electron chi connectivity index (χ4n) is 1.81. The first-order chi connectivity index (χ1) is 9.22. The van der Waals surface area contributed by atoms with Gasteiger partial charge in [-0.05, 0) is 45.8 Å². The Bertz CT molecular complexity index is 604. The number of hydrogen-bond donors (Lipinski definition) is 1. The molecule has 0 amide bonds. The van der Waals surface area contributed by atoms with Gasteiger partial charge in [-0.2, -0.15) is 0 Å². The number of anilines is 1. The quantitative estimate of drug-likeness (QED) is 0.862. The highest BCUT2D eigenvalue weighted by molar-refractivity contribution is 9.10. The van der Waals surface area contributed by atoms with Crippen molar-refractivity contribution in [2.24, 2.45) is 0 Å². The van der Waals surface area contributed by atoms with Crippen molar-refractivity contribution in [3.8, 4) is 11.5 Å². The standard InChI is InChI=1S/C13H10BrClN2O2/c14-12-2-1-9(6-17-12)16-5-8-3-10(15)13-11(4-8)18-7-19-13/h1-4,6,16H,5,7H2. The maximum atomic E-state index is 6.13. The monoisotopic (exact) mass is 340 g/mol. The highest BCUT2D eigenvalue weighted by atomic mass is 79.9. The van der Waals surface area contributed by atoms with Gasteiger partial charge in [0.25, 0.3) is 0 Å². The fourth-order valence-corrected chi connectivity index (χ4v) is 2.33. The summed E-state index contributed by atoms with van der Waals surface area (Å²) in [5.41, 5.74) is 1.97. The molecular formula is C13H10BrClN2O2. The van der Waals surface area contributed by atoms with Gasteiger partial charge in [0.15, 0.2) is 11.5 Å². The molecule has 2 aromatic rings. The molecule has 6 heteroatoms. The molecule has 1 aliphatic rings. The largest absolute Gasteiger partial charge is 0.454 e. The summed E-state index contributed by atoms with van der Waals surface area (Å²) in [6, 6.07) is 7.63. The lowest BCUT2D eigenvalue weighted by Gasteiger charge is -2.08. The number of nitrogens with one attached hydrogen (secondary N) is 1. The Hall–Kier alpha value is -1.46. The molecule has 0 fully saturated rings. The van der Waals surface area contributed by atoms with Crippen LogP contribution in [0.15, 0.2) is 35.1 Å². The lowest BCUT2D eigenvalue weighted by Crippen LogP contribution is -1.99. The number of rotatable bonds is 3. The van der Waals surface area contributed by atoms with Gasteiger partial charge >= 0.3 is 0 Å². The first kappa shape index (κ1) is 12.6. The van der Waals surface area contributed by atoms with E-state index in [9.17, 15) is 0 Å². The molecule has 0 radical (unpaired) electrons. The Morgan fingerprint density at radius 3 is 3.00 bits per heavy atom. The van der Waals surface area contributed by atoms with E-state index in [1.807, 2.05) is 24.3 Å². The maximum absolute atomic E-state index is 6.13. The Morgan fingerprint density at radius 1 is 1.32 bits per heavy atom. The van der Waals surface area contributed by atoms with Gasteiger partial charge in [0.05, 0.1) is 16.9 Å². The molecule has 19 heavy (non-hydrogen) atoms. The summed E-state index contributed by atoms with van der Waals surface area (Å²) in [5.74, 6) is 1.31. The Labute approximate surface area is 123 Å². The number of hydrogen-bond acceptors (Lipinski definition) is 4. The van der Waals surface area contributed by atoms with Crippen LogP contribution in [0.4, 0.5) is 5.69 Å². The molecule has 1 N–H and O–H groups in total. The van der Waals surface area contributed by atoms with E-state index >= 15 is 0 Å². The van der Waals surface area contributed by atoms with Gasteiger partial charge in [0.2, 0.25) is 6.79 Å². The van der Waals surface area contributed by atoms with E-state index in [2.05, 4.69) is 26.2 Å². The van der Waals surface area contributed by atoms with Crippen LogP contribution in [0.2, 0.25) is 5.02 Å². The zero-order valence-electron chi connectivity index (χ0n) is 9.82. The lowest BCUT2D eigenvalue weighted by molar-refractivity contribution is 0.174. The van der Waals surface area contributed by atoms with Crippen molar-refractivity contribution in [2.75, 3.05) is 12.1 Å². The van der Waals surface area contributed by atoms with Crippen LogP contribution in [0.5, 0.6) is 11.5 Å². The second kappa shape index (κ2) is 5.27. The second-order valence-corrected chi connectivity index (χ2v) is 5.25. The molecule has 0 saturated carbocycles. The molecular weight excluding hydrogens is 332 g/mol. The Kier molecular flexibility index (Phi) is 3.48. The van der Waals surface area contributed by atoms with Gasteiger partial charge in [-0.3, -0.25) is 0 Å². The van der Waals surface area contributed by atoms with Gasteiger partial charge in [0.1, 0.15) is 4.60 Å². The summed E-state index contributed by atoms with van der Waals surface area (Å²) in [7, 11) is 0. The number of pyridine rings is 1. The van der Waals surface area contributed by atoms with Crippen LogP contribution in [0.25, 0.3) is 0 Å². The number of halogens is 2. The van der Waals surface area contributed by atoms with Crippen molar-refractivity contribution in [3.05, 3.63) is 45.7 Å². The summed E-state index contributed by atoms with van der Waals surface area (Å²) in [4.78, 5) is 4.15. The number of nitrogens with zero attached hydrogens (tertiary/aromatic N) is 1. The molecule has 0 atom stereocenters. The van der Waals surface area contributed by atoms with E-state index in [0.717, 1.165) is 15.9 Å². The third-order valence-corrected chi connectivity index (χ3v) is 3.46. The van der Waals surface area contributed by atoms with Gasteiger partial charge in [-0.25, -0.2) is 4.98 Å². The zero-order valence-corrected chi connectivity index (χ0v) is 12.2. The average molecular weight is 342 g/mol. The third kappa shape index (κ3) is 2.77. The second-order valence-electron chi connectivity index (χ2n) is 4.03. The smallest absolute Gasteiger partial charge is 0.231 e. The summed E-state index contributed by atoms with van der Waals surface area (Å²) in [6.45, 7) is 0.863. The number of aromatic nitrogens is 1. The first-order valence-corrected chi connectivity index (χ1v) is 6.83. The van der Waals surface area contributed by atoms with Crippen LogP contribution in [0.3, 0.4) is 0 Å². The van der Waals surface area contributed by atoms with Crippen molar-refractivity contribution >= 4 is 33.2 Å². The fraction of sp³-hybridized carbons (Fsp3) is 0.154. The molecule has 0 saturated heterocycles. The molecule has 2 heterocycles. The van der Waals surface area contributed by atoms with Crippen LogP contribution in [0, 0.1) is 0 Å². The molecule has 0 spiro atoms. The number of fused-ring (bicyclic) bond motifs is 1. The topological polar surface area (TPSA) is 43.4 Å². The minimum Gasteiger partial charge on any atom is -0.454 e. The Morgan fingerprint density at radius 2 is 2.21 bits per heavy atom. The number of benzene rings is 1. The average Bonchev–Trinajstić information content (AvgIpc) is 2.87. The summed E-state index contributed by atoms with van der Waals surface area (Å²) in [6.07, 6.45) is 1.76. The zero-order chi connectivity index (χ0) is 13.2. The normalized spacial score (nSPS) is 12.5. The molecule has 98 valence electrons. The molecule has 1 aliphatic heterocycles. The highest BCUT2D eigenvalue weighted by Gasteiger charge is 2.18. The summed E-state index contributed by atoms with van der Waals surface area (Å²) in [5, 5.41) is 3.84. The molecule has 0 unspecified atom stereocenters. The Balaban J connectivity index is 1.73. The maximum Gasteiger partial charge on any atom is 0.231 e. The van der Waals surface area contributed by atoms with Crippen LogP contribution >= 0.6 is 27.5 Å². The highest BCUT2D eigenvalue weighted by Crippen LogP contribution is 2.39. The number of ether oxygens (including phenoxy) is 2. The molecule has 1 aromatic heterocycles. The van der Waals surface area contributed by atoms with Gasteiger partial charge in [-0.15, -0.1) is 0 Å². The molecule has 4 nitrogen and oxygen atoms in total. The third-order valence-electron chi connectivity index (χ3n) is 2.71. The molecule has 3 rings (SSSR count). The predicted octanol–water partition coefficient (Wildman–Crippen LogP) is 3.84. The van der Waals surface area contributed by atoms with E-state index in [4.69, 9.17) is 21.1 Å². The van der Waals surface area contributed by atoms with Gasteiger partial charge < -0.3 is 14.8 Å². The van der Waals surface area contributed by atoms with Crippen molar-refractivity contribution in [1.29, 1.82) is 0 Å². The van der Waals surface area contributed by atoms with Crippen molar-refractivity contribution < 1.29 is 9.47 Å². The lowest BCUT2D eigenvalue weighted by atomic mass is 10.2. The summed E-state index contributed by atoms with van der Waals surface area (Å²) < 4.78 is 11.4. The van der Waals surface area contributed by atoms with E-state index in [1.165, 1.54) is 0 Å². The SMILES string of the molecule is Clc1cc(CNc2ccc(Br)nc2)cc2c1OCO2. The molecule has 0 aliphatic carbocycles. The minimum atomic E-state index is 0.225. The van der Waals surface area contributed by atoms with Crippen molar-refractivity contribution in [1.82, 2.24) is 4.98 Å². The van der Waals surface area contributed by atoms with E-state index in [-0.39, 0.29) is 6.79 Å². The molecule has 1 aromatic carbocycles. The van der Waals surface area contributed by atoms with E-state index in [0.29, 0.717) is 23.1 Å². The van der Waals surface area contributed by atoms with Gasteiger partial charge in [-0.1, -0.05) is 11.6 Å². The van der Waals surface area contributed by atoms with Crippen molar-refractivity contribution in [3.63, 3.8) is 0 Å². The molecule has 0 bridgehead atoms.